The summed E-state index contributed by atoms with van der Waals surface area (Å²) in [4.78, 5) is 8.83. The summed E-state index contributed by atoms with van der Waals surface area (Å²) in [6.07, 6.45) is 3.39. The van der Waals surface area contributed by atoms with Crippen molar-refractivity contribution in [3.63, 3.8) is 0 Å². The van der Waals surface area contributed by atoms with Gasteiger partial charge in [-0.25, -0.2) is 9.97 Å². The van der Waals surface area contributed by atoms with Crippen LogP contribution < -0.4 is 5.73 Å². The standard InChI is InChI=1S/C10H15N3S/c1-2-7-6-9(11)13-10(12-7)8-4-3-5-14-8/h6,8H,2-5H2,1H3,(H2,11,12,13). The summed E-state index contributed by atoms with van der Waals surface area (Å²) in [5.74, 6) is 2.77. The van der Waals surface area contributed by atoms with Crippen LogP contribution in [0.15, 0.2) is 6.07 Å². The van der Waals surface area contributed by atoms with Gasteiger partial charge < -0.3 is 5.73 Å². The number of thioether (sulfide) groups is 1. The smallest absolute Gasteiger partial charge is 0.143 e. The molecule has 14 heavy (non-hydrogen) atoms. The van der Waals surface area contributed by atoms with Crippen LogP contribution in [0, 0.1) is 0 Å². The predicted molar refractivity (Wildman–Crippen MR) is 60.3 cm³/mol. The Morgan fingerprint density at radius 1 is 1.57 bits per heavy atom. The van der Waals surface area contributed by atoms with Crippen LogP contribution in [0.25, 0.3) is 0 Å². The van der Waals surface area contributed by atoms with Crippen molar-refractivity contribution in [2.75, 3.05) is 11.5 Å². The van der Waals surface area contributed by atoms with E-state index in [2.05, 4.69) is 16.9 Å². The number of nitrogens with zero attached hydrogens (tertiary/aromatic N) is 2. The van der Waals surface area contributed by atoms with Crippen LogP contribution in [0.3, 0.4) is 0 Å². The zero-order valence-electron chi connectivity index (χ0n) is 8.36. The number of aryl methyl sites for hydroxylation is 1. The third kappa shape index (κ3) is 2.00. The first-order valence-electron chi connectivity index (χ1n) is 5.04. The molecule has 1 fully saturated rings. The van der Waals surface area contributed by atoms with Crippen molar-refractivity contribution in [1.82, 2.24) is 9.97 Å². The Bertz CT molecular complexity index is 321. The molecule has 1 aliphatic rings. The van der Waals surface area contributed by atoms with E-state index in [1.165, 1.54) is 18.6 Å². The summed E-state index contributed by atoms with van der Waals surface area (Å²) < 4.78 is 0. The van der Waals surface area contributed by atoms with Crippen LogP contribution >= 0.6 is 11.8 Å². The largest absolute Gasteiger partial charge is 0.384 e. The van der Waals surface area contributed by atoms with Crippen molar-refractivity contribution in [2.24, 2.45) is 0 Å². The molecule has 3 nitrogen and oxygen atoms in total. The maximum absolute atomic E-state index is 5.74. The molecule has 2 N–H and O–H groups in total. The lowest BCUT2D eigenvalue weighted by atomic mass is 10.2. The molecular formula is C10H15N3S. The van der Waals surface area contributed by atoms with Crippen molar-refractivity contribution >= 4 is 17.6 Å². The second kappa shape index (κ2) is 4.17. The fourth-order valence-corrected chi connectivity index (χ4v) is 2.85. The molecule has 1 atom stereocenters. The van der Waals surface area contributed by atoms with Crippen molar-refractivity contribution in [2.45, 2.75) is 31.4 Å². The fourth-order valence-electron chi connectivity index (χ4n) is 1.65. The average Bonchev–Trinajstić information content (AvgIpc) is 2.69. The molecule has 1 aromatic heterocycles. The van der Waals surface area contributed by atoms with Gasteiger partial charge in [-0.2, -0.15) is 11.8 Å². The highest BCUT2D eigenvalue weighted by molar-refractivity contribution is 7.99. The molecule has 0 radical (unpaired) electrons. The number of aromatic nitrogens is 2. The van der Waals surface area contributed by atoms with Crippen LogP contribution in [0.4, 0.5) is 5.82 Å². The molecule has 2 heterocycles. The molecule has 0 aromatic carbocycles. The van der Waals surface area contributed by atoms with Crippen LogP contribution in [0.2, 0.25) is 0 Å². The summed E-state index contributed by atoms with van der Waals surface area (Å²) in [6.45, 7) is 2.09. The third-order valence-electron chi connectivity index (χ3n) is 2.40. The Labute approximate surface area is 88.5 Å². The van der Waals surface area contributed by atoms with Gasteiger partial charge in [0.15, 0.2) is 0 Å². The van der Waals surface area contributed by atoms with Gasteiger partial charge in [-0.15, -0.1) is 0 Å². The van der Waals surface area contributed by atoms with E-state index in [0.29, 0.717) is 11.1 Å². The fraction of sp³-hybridized carbons (Fsp3) is 0.600. The summed E-state index contributed by atoms with van der Waals surface area (Å²) in [7, 11) is 0. The highest BCUT2D eigenvalue weighted by Gasteiger charge is 2.20. The minimum Gasteiger partial charge on any atom is -0.384 e. The number of hydrogen-bond donors (Lipinski definition) is 1. The van der Waals surface area contributed by atoms with Gasteiger partial charge in [-0.3, -0.25) is 0 Å². The Morgan fingerprint density at radius 3 is 3.07 bits per heavy atom. The van der Waals surface area contributed by atoms with Gasteiger partial charge in [-0.1, -0.05) is 6.92 Å². The molecule has 76 valence electrons. The first-order valence-corrected chi connectivity index (χ1v) is 6.09. The van der Waals surface area contributed by atoms with E-state index in [1.807, 2.05) is 17.8 Å². The maximum Gasteiger partial charge on any atom is 0.143 e. The number of nitrogen functional groups attached to an aromatic ring is 1. The molecule has 1 saturated heterocycles. The van der Waals surface area contributed by atoms with E-state index in [9.17, 15) is 0 Å². The molecule has 1 unspecified atom stereocenters. The van der Waals surface area contributed by atoms with Gasteiger partial charge in [0.05, 0.1) is 5.25 Å². The summed E-state index contributed by atoms with van der Waals surface area (Å²) in [6, 6.07) is 1.86. The summed E-state index contributed by atoms with van der Waals surface area (Å²) >= 11 is 1.94. The molecular weight excluding hydrogens is 194 g/mol. The Kier molecular flexibility index (Phi) is 2.91. The lowest BCUT2D eigenvalue weighted by Gasteiger charge is -2.08. The van der Waals surface area contributed by atoms with Gasteiger partial charge in [-0.05, 0) is 25.0 Å². The topological polar surface area (TPSA) is 51.8 Å². The van der Waals surface area contributed by atoms with Crippen LogP contribution in [0.1, 0.15) is 36.5 Å². The maximum atomic E-state index is 5.74. The third-order valence-corrected chi connectivity index (χ3v) is 3.77. The van der Waals surface area contributed by atoms with E-state index in [0.717, 1.165) is 17.9 Å². The molecule has 0 spiro atoms. The van der Waals surface area contributed by atoms with Gasteiger partial charge in [0.2, 0.25) is 0 Å². The van der Waals surface area contributed by atoms with Crippen molar-refractivity contribution in [3.8, 4) is 0 Å². The molecule has 0 saturated carbocycles. The van der Waals surface area contributed by atoms with E-state index >= 15 is 0 Å². The summed E-state index contributed by atoms with van der Waals surface area (Å²) in [5, 5.41) is 0.476. The Balaban J connectivity index is 2.27. The molecule has 2 rings (SSSR count). The average molecular weight is 209 g/mol. The molecule has 1 aromatic rings. The van der Waals surface area contributed by atoms with Gasteiger partial charge in [0, 0.05) is 11.8 Å². The minimum absolute atomic E-state index is 0.476. The minimum atomic E-state index is 0.476. The van der Waals surface area contributed by atoms with E-state index in [4.69, 9.17) is 5.73 Å². The van der Waals surface area contributed by atoms with Crippen LogP contribution in [-0.4, -0.2) is 15.7 Å². The van der Waals surface area contributed by atoms with Crippen LogP contribution in [-0.2, 0) is 6.42 Å². The number of hydrogen-bond acceptors (Lipinski definition) is 4. The lowest BCUT2D eigenvalue weighted by molar-refractivity contribution is 0.768. The first kappa shape index (κ1) is 9.77. The van der Waals surface area contributed by atoms with E-state index in [1.54, 1.807) is 0 Å². The molecule has 0 amide bonds. The number of nitrogens with two attached hydrogens (primary N) is 1. The number of anilines is 1. The van der Waals surface area contributed by atoms with Gasteiger partial charge in [0.1, 0.15) is 11.6 Å². The molecule has 0 bridgehead atoms. The SMILES string of the molecule is CCc1cc(N)nc(C2CCCS2)n1. The molecule has 1 aliphatic heterocycles. The monoisotopic (exact) mass is 209 g/mol. The second-order valence-corrected chi connectivity index (χ2v) is 4.81. The molecule has 4 heteroatoms. The van der Waals surface area contributed by atoms with Crippen LogP contribution in [0.5, 0.6) is 0 Å². The van der Waals surface area contributed by atoms with Crippen molar-refractivity contribution in [3.05, 3.63) is 17.6 Å². The second-order valence-electron chi connectivity index (χ2n) is 3.50. The Morgan fingerprint density at radius 2 is 2.43 bits per heavy atom. The predicted octanol–water partition coefficient (Wildman–Crippen LogP) is 2.19. The van der Waals surface area contributed by atoms with Crippen molar-refractivity contribution < 1.29 is 0 Å². The first-order chi connectivity index (χ1) is 6.79. The Hall–Kier alpha value is -0.770. The quantitative estimate of drug-likeness (QED) is 0.811. The highest BCUT2D eigenvalue weighted by atomic mass is 32.2. The zero-order chi connectivity index (χ0) is 9.97. The van der Waals surface area contributed by atoms with E-state index < -0.39 is 0 Å². The normalized spacial score (nSPS) is 21.4. The number of rotatable bonds is 2. The summed E-state index contributed by atoms with van der Waals surface area (Å²) in [5.41, 5.74) is 6.80. The van der Waals surface area contributed by atoms with Gasteiger partial charge in [0.25, 0.3) is 0 Å². The highest BCUT2D eigenvalue weighted by Crippen LogP contribution is 2.38. The zero-order valence-corrected chi connectivity index (χ0v) is 9.18. The van der Waals surface area contributed by atoms with Crippen molar-refractivity contribution in [1.29, 1.82) is 0 Å². The lowest BCUT2D eigenvalue weighted by Crippen LogP contribution is -2.04. The van der Waals surface area contributed by atoms with Gasteiger partial charge >= 0.3 is 0 Å². The van der Waals surface area contributed by atoms with E-state index in [-0.39, 0.29) is 0 Å². The molecule has 0 aliphatic carbocycles.